The van der Waals surface area contributed by atoms with Gasteiger partial charge in [-0.15, -0.1) is 0 Å². The average Bonchev–Trinajstić information content (AvgIpc) is 2.89. The predicted octanol–water partition coefficient (Wildman–Crippen LogP) is 0.617. The Bertz CT molecular complexity index is 1520. The Labute approximate surface area is 232 Å². The topological polar surface area (TPSA) is 193 Å². The van der Waals surface area contributed by atoms with E-state index in [1.165, 1.54) is 43.3 Å². The van der Waals surface area contributed by atoms with Gasteiger partial charge in [0.15, 0.2) is 34.7 Å². The number of halogens is 1. The van der Waals surface area contributed by atoms with Crippen molar-refractivity contribution in [3.8, 4) is 11.5 Å². The maximum atomic E-state index is 13.8. The zero-order valence-corrected chi connectivity index (χ0v) is 21.9. The zero-order chi connectivity index (χ0) is 30.0. The Hall–Kier alpha value is -4.49. The fourth-order valence-electron chi connectivity index (χ4n) is 6.43. The maximum Gasteiger partial charge on any atom is 0.417 e. The van der Waals surface area contributed by atoms with Crippen molar-refractivity contribution in [2.24, 2.45) is 29.4 Å². The van der Waals surface area contributed by atoms with Crippen molar-refractivity contribution in [2.75, 3.05) is 19.4 Å². The van der Waals surface area contributed by atoms with Gasteiger partial charge in [0, 0.05) is 5.92 Å². The molecule has 0 saturated heterocycles. The zero-order valence-electron chi connectivity index (χ0n) is 21.9. The molecule has 5 rings (SSSR count). The number of phenols is 1. The number of hydrogen-bond acceptors (Lipinski definition) is 10. The highest BCUT2D eigenvalue weighted by molar-refractivity contribution is 6.32. The van der Waals surface area contributed by atoms with Gasteiger partial charge in [0.05, 0.1) is 23.2 Å². The summed E-state index contributed by atoms with van der Waals surface area (Å²) in [6.45, 7) is 0. The normalized spacial score (nSPS) is 29.0. The second-order valence-corrected chi connectivity index (χ2v) is 10.8. The number of hydrogen-bond donors (Lipinski definition) is 4. The van der Waals surface area contributed by atoms with Crippen LogP contribution in [-0.2, 0) is 25.6 Å². The minimum atomic E-state index is -2.83. The monoisotopic (exact) mass is 567 g/mol. The third-order valence-electron chi connectivity index (χ3n) is 8.19. The number of primary amides is 1. The molecular weight excluding hydrogens is 541 g/mol. The molecule has 6 atom stereocenters. The molecule has 2 fully saturated rings. The molecule has 3 aliphatic rings. The lowest BCUT2D eigenvalue weighted by Crippen LogP contribution is -2.74. The molecule has 0 aromatic heterocycles. The van der Waals surface area contributed by atoms with Crippen LogP contribution in [0, 0.1) is 29.5 Å². The van der Waals surface area contributed by atoms with Crippen molar-refractivity contribution in [2.45, 2.75) is 24.5 Å². The lowest BCUT2D eigenvalue weighted by Gasteiger charge is -2.52. The van der Waals surface area contributed by atoms with Gasteiger partial charge in [-0.2, -0.15) is 0 Å². The average molecular weight is 568 g/mol. The highest BCUT2D eigenvalue weighted by Crippen LogP contribution is 2.51. The van der Waals surface area contributed by atoms with Gasteiger partial charge in [-0.1, -0.05) is 6.07 Å². The van der Waals surface area contributed by atoms with Crippen molar-refractivity contribution in [3.05, 3.63) is 53.3 Å². The molecule has 2 saturated carbocycles. The van der Waals surface area contributed by atoms with E-state index in [0.29, 0.717) is 5.56 Å². The summed E-state index contributed by atoms with van der Waals surface area (Å²) in [5, 5.41) is 24.8. The van der Waals surface area contributed by atoms with Crippen molar-refractivity contribution < 1.29 is 48.1 Å². The molecule has 5 N–H and O–H groups in total. The molecule has 2 aromatic rings. The lowest BCUT2D eigenvalue weighted by molar-refractivity contribution is -0.181. The third kappa shape index (κ3) is 4.28. The molecule has 2 amide bonds. The summed E-state index contributed by atoms with van der Waals surface area (Å²) in [7, 11) is 3.00. The quantitative estimate of drug-likeness (QED) is 0.301. The Morgan fingerprint density at radius 3 is 2.34 bits per heavy atom. The fourth-order valence-corrected chi connectivity index (χ4v) is 6.43. The van der Waals surface area contributed by atoms with E-state index in [-0.39, 0.29) is 29.8 Å². The summed E-state index contributed by atoms with van der Waals surface area (Å²) in [4.78, 5) is 79.7. The molecule has 12 nitrogen and oxygen atoms in total. The smallest absolute Gasteiger partial charge is 0.417 e. The number of ketones is 4. The number of anilines is 1. The summed E-state index contributed by atoms with van der Waals surface area (Å²) in [6.07, 6.45) is -1.04. The fraction of sp³-hybridized carbons (Fsp3) is 0.357. The number of fused-ring (bicyclic) bond motifs is 3. The molecule has 214 valence electrons. The van der Waals surface area contributed by atoms with Crippen LogP contribution in [0.25, 0.3) is 0 Å². The van der Waals surface area contributed by atoms with E-state index in [1.807, 2.05) is 0 Å². The first-order chi connectivity index (χ1) is 19.3. The van der Waals surface area contributed by atoms with Crippen molar-refractivity contribution in [3.63, 3.8) is 0 Å². The maximum absolute atomic E-state index is 13.8. The van der Waals surface area contributed by atoms with E-state index in [9.17, 15) is 43.4 Å². The van der Waals surface area contributed by atoms with Crippen LogP contribution in [0.4, 0.5) is 14.9 Å². The Morgan fingerprint density at radius 2 is 1.73 bits per heavy atom. The molecule has 0 bridgehead atoms. The predicted molar refractivity (Wildman–Crippen MR) is 137 cm³/mol. The van der Waals surface area contributed by atoms with Gasteiger partial charge in [-0.05, 0) is 68.8 Å². The van der Waals surface area contributed by atoms with Gasteiger partial charge in [-0.3, -0.25) is 34.2 Å². The number of benzene rings is 2. The second kappa shape index (κ2) is 9.85. The van der Waals surface area contributed by atoms with E-state index in [1.54, 1.807) is 0 Å². The Kier molecular flexibility index (Phi) is 6.74. The largest absolute Gasteiger partial charge is 0.505 e. The van der Waals surface area contributed by atoms with Gasteiger partial charge in [-0.25, -0.2) is 9.18 Å². The number of nitrogens with one attached hydrogen (secondary N) is 1. The van der Waals surface area contributed by atoms with Crippen molar-refractivity contribution in [1.82, 2.24) is 4.90 Å². The van der Waals surface area contributed by atoms with Gasteiger partial charge in [0.2, 0.25) is 5.91 Å². The van der Waals surface area contributed by atoms with Gasteiger partial charge in [0.1, 0.15) is 17.3 Å². The Balaban J connectivity index is 1.48. The molecule has 0 spiro atoms. The highest BCUT2D eigenvalue weighted by atomic mass is 19.1. The van der Waals surface area contributed by atoms with Crippen molar-refractivity contribution >= 4 is 40.8 Å². The molecular formula is C28H26FN3O9. The van der Waals surface area contributed by atoms with Crippen LogP contribution in [0.1, 0.15) is 22.3 Å². The minimum Gasteiger partial charge on any atom is -0.505 e. The third-order valence-corrected chi connectivity index (χ3v) is 8.19. The molecule has 3 aliphatic carbocycles. The first kappa shape index (κ1) is 28.1. The lowest BCUT2D eigenvalue weighted by atomic mass is 9.52. The number of carbonyl (C=O) groups excluding carboxylic acids is 6. The number of carbonyl (C=O) groups is 6. The van der Waals surface area contributed by atoms with E-state index >= 15 is 0 Å². The number of nitrogens with two attached hydrogens (primary N) is 1. The number of ether oxygens (including phenoxy) is 1. The van der Waals surface area contributed by atoms with E-state index in [0.717, 1.165) is 12.1 Å². The van der Waals surface area contributed by atoms with Crippen LogP contribution in [0.15, 0.2) is 36.4 Å². The van der Waals surface area contributed by atoms with E-state index in [2.05, 4.69) is 5.32 Å². The molecule has 0 heterocycles. The summed E-state index contributed by atoms with van der Waals surface area (Å²) in [5.74, 6) is -12.3. The van der Waals surface area contributed by atoms with Gasteiger partial charge in [0.25, 0.3) is 0 Å². The van der Waals surface area contributed by atoms with Crippen LogP contribution in [-0.4, -0.2) is 76.0 Å². The summed E-state index contributed by atoms with van der Waals surface area (Å²) < 4.78 is 18.2. The highest BCUT2D eigenvalue weighted by Gasteiger charge is 2.69. The first-order valence-corrected chi connectivity index (χ1v) is 12.7. The first-order valence-electron chi connectivity index (χ1n) is 12.7. The van der Waals surface area contributed by atoms with Crippen LogP contribution >= 0.6 is 0 Å². The van der Waals surface area contributed by atoms with Crippen LogP contribution < -0.4 is 15.8 Å². The number of rotatable bonds is 4. The van der Waals surface area contributed by atoms with Crippen LogP contribution in [0.2, 0.25) is 0 Å². The second-order valence-electron chi connectivity index (χ2n) is 10.8. The van der Waals surface area contributed by atoms with E-state index < -0.39 is 82.0 Å². The molecule has 2 unspecified atom stereocenters. The molecule has 2 aromatic carbocycles. The number of amides is 2. The standard InChI is InChI=1S/C28H26FN3O9/c1-32(2)20-15-10-12-9-11-3-8-16(31-27(39)41-14-6-4-13(29)5-7-14)21(33)17(11)22(34)18(12)24(36)28(15,40)25(37)19(23(20)35)26(30)38/h3-8,12,15,18-20,33,40H,9-10H2,1-2H3,(H2,30,38)(H,31,39)/t12-,15-,18?,19?,20-,28-/m0/s1. The minimum absolute atomic E-state index is 0.0109. The summed E-state index contributed by atoms with van der Waals surface area (Å²) in [6, 6.07) is 6.20. The Morgan fingerprint density at radius 1 is 1.07 bits per heavy atom. The van der Waals surface area contributed by atoms with Crippen molar-refractivity contribution in [1.29, 1.82) is 0 Å². The number of Topliss-reactive ketones (excluding diaryl/α,β-unsaturated/α-hetero) is 4. The number of aliphatic hydroxyl groups is 1. The molecule has 13 heteroatoms. The number of nitrogens with zero attached hydrogens (tertiary/aromatic N) is 1. The number of aromatic hydroxyl groups is 1. The number of likely N-dealkylation sites (N-methyl/N-ethyl adjacent to an activating group) is 1. The molecule has 41 heavy (non-hydrogen) atoms. The van der Waals surface area contributed by atoms with Crippen LogP contribution in [0.5, 0.6) is 11.5 Å². The molecule has 0 radical (unpaired) electrons. The number of phenolic OH excluding ortho intramolecular Hbond substituents is 1. The van der Waals surface area contributed by atoms with Crippen LogP contribution in [0.3, 0.4) is 0 Å². The summed E-state index contributed by atoms with van der Waals surface area (Å²) >= 11 is 0. The summed E-state index contributed by atoms with van der Waals surface area (Å²) in [5.41, 5.74) is 2.33. The van der Waals surface area contributed by atoms with Gasteiger partial charge >= 0.3 is 6.09 Å². The van der Waals surface area contributed by atoms with E-state index in [4.69, 9.17) is 10.5 Å². The van der Waals surface area contributed by atoms with Gasteiger partial charge < -0.3 is 20.7 Å². The SMILES string of the molecule is CN(C)[C@@H]1C(=O)C(C(N)=O)C(=O)[C@@]2(O)C(=O)C3C(=O)c4c(ccc(NC(=O)Oc5ccc(F)cc5)c4O)C[C@H]3C[C@@H]12. The molecule has 0 aliphatic heterocycles.